The second-order valence-corrected chi connectivity index (χ2v) is 7.00. The van der Waals surface area contributed by atoms with Crippen LogP contribution in [0.25, 0.3) is 0 Å². The van der Waals surface area contributed by atoms with Crippen LogP contribution in [-0.4, -0.2) is 29.3 Å². The van der Waals surface area contributed by atoms with Crippen LogP contribution < -0.4 is 5.32 Å². The molecule has 2 amide bonds. The molecule has 0 spiro atoms. The predicted octanol–water partition coefficient (Wildman–Crippen LogP) is 2.51. The fourth-order valence-corrected chi connectivity index (χ4v) is 3.96. The van der Waals surface area contributed by atoms with Gasteiger partial charge in [-0.2, -0.15) is 0 Å². The van der Waals surface area contributed by atoms with Crippen LogP contribution in [0.2, 0.25) is 0 Å². The molecule has 110 valence electrons. The van der Waals surface area contributed by atoms with Crippen LogP contribution >= 0.6 is 22.7 Å². The predicted molar refractivity (Wildman–Crippen MR) is 84.7 cm³/mol. The van der Waals surface area contributed by atoms with Gasteiger partial charge in [0.2, 0.25) is 5.91 Å². The largest absolute Gasteiger partial charge is 0.340 e. The quantitative estimate of drug-likeness (QED) is 0.945. The molecule has 1 aliphatic heterocycles. The number of thiophene rings is 2. The van der Waals surface area contributed by atoms with Gasteiger partial charge in [-0.1, -0.05) is 6.07 Å². The maximum Gasteiger partial charge on any atom is 0.261 e. The number of rotatable bonds is 3. The summed E-state index contributed by atoms with van der Waals surface area (Å²) >= 11 is 3.13. The highest BCUT2D eigenvalue weighted by Crippen LogP contribution is 2.24. The number of hydrogen-bond acceptors (Lipinski definition) is 4. The zero-order valence-electron chi connectivity index (χ0n) is 11.7. The Hall–Kier alpha value is -1.66. The van der Waals surface area contributed by atoms with E-state index in [0.717, 1.165) is 13.0 Å². The normalized spacial score (nSPS) is 15.4. The summed E-state index contributed by atoms with van der Waals surface area (Å²) in [6.45, 7) is 3.12. The molecule has 6 heteroatoms. The fraction of sp³-hybridized carbons (Fsp3) is 0.333. The molecule has 2 aromatic heterocycles. The first-order valence-electron chi connectivity index (χ1n) is 6.83. The molecular formula is C15H16N2O2S2. The van der Waals surface area contributed by atoms with E-state index in [4.69, 9.17) is 0 Å². The van der Waals surface area contributed by atoms with E-state index in [1.165, 1.54) is 21.8 Å². The van der Waals surface area contributed by atoms with Crippen LogP contribution in [0.15, 0.2) is 29.0 Å². The SMILES string of the molecule is CC(NC(=O)c1cccs1)C(=O)N1CCc2sccc2C1. The molecule has 2 aromatic rings. The Morgan fingerprint density at radius 2 is 2.14 bits per heavy atom. The van der Waals surface area contributed by atoms with Crippen molar-refractivity contribution in [1.82, 2.24) is 10.2 Å². The smallest absolute Gasteiger partial charge is 0.261 e. The molecule has 0 saturated carbocycles. The zero-order chi connectivity index (χ0) is 14.8. The van der Waals surface area contributed by atoms with Crippen LogP contribution in [0, 0.1) is 0 Å². The minimum Gasteiger partial charge on any atom is -0.340 e. The van der Waals surface area contributed by atoms with Gasteiger partial charge in [0.05, 0.1) is 4.88 Å². The molecule has 3 rings (SSSR count). The van der Waals surface area contributed by atoms with E-state index in [1.807, 2.05) is 16.3 Å². The third-order valence-electron chi connectivity index (χ3n) is 3.58. The second kappa shape index (κ2) is 5.99. The van der Waals surface area contributed by atoms with Crippen molar-refractivity contribution in [3.63, 3.8) is 0 Å². The summed E-state index contributed by atoms with van der Waals surface area (Å²) in [4.78, 5) is 28.3. The van der Waals surface area contributed by atoms with Gasteiger partial charge in [0.15, 0.2) is 0 Å². The molecule has 0 aliphatic carbocycles. The van der Waals surface area contributed by atoms with E-state index >= 15 is 0 Å². The van der Waals surface area contributed by atoms with Gasteiger partial charge in [-0.05, 0) is 41.8 Å². The molecule has 4 nitrogen and oxygen atoms in total. The second-order valence-electron chi connectivity index (χ2n) is 5.05. The zero-order valence-corrected chi connectivity index (χ0v) is 13.3. The molecule has 0 radical (unpaired) electrons. The molecule has 3 heterocycles. The Morgan fingerprint density at radius 3 is 2.90 bits per heavy atom. The first kappa shape index (κ1) is 14.3. The summed E-state index contributed by atoms with van der Waals surface area (Å²) in [5.41, 5.74) is 1.23. The standard InChI is InChI=1S/C15H16N2O2S2/c1-10(16-14(18)13-3-2-7-20-13)15(19)17-6-4-12-11(9-17)5-8-21-12/h2-3,5,7-8,10H,4,6,9H2,1H3,(H,16,18). The highest BCUT2D eigenvalue weighted by Gasteiger charge is 2.26. The first-order chi connectivity index (χ1) is 10.1. The van der Waals surface area contributed by atoms with Crippen molar-refractivity contribution in [3.05, 3.63) is 44.3 Å². The molecule has 0 saturated heterocycles. The summed E-state index contributed by atoms with van der Waals surface area (Å²) in [7, 11) is 0. The van der Waals surface area contributed by atoms with Crippen molar-refractivity contribution in [2.45, 2.75) is 25.9 Å². The van der Waals surface area contributed by atoms with E-state index < -0.39 is 6.04 Å². The lowest BCUT2D eigenvalue weighted by Gasteiger charge is -2.29. The first-order valence-corrected chi connectivity index (χ1v) is 8.59. The van der Waals surface area contributed by atoms with E-state index in [1.54, 1.807) is 24.3 Å². The topological polar surface area (TPSA) is 49.4 Å². The van der Waals surface area contributed by atoms with Gasteiger partial charge in [-0.3, -0.25) is 9.59 Å². The van der Waals surface area contributed by atoms with E-state index in [0.29, 0.717) is 11.4 Å². The molecule has 1 unspecified atom stereocenters. The van der Waals surface area contributed by atoms with Crippen molar-refractivity contribution in [1.29, 1.82) is 0 Å². The summed E-state index contributed by atoms with van der Waals surface area (Å²) < 4.78 is 0. The fourth-order valence-electron chi connectivity index (χ4n) is 2.45. The number of amides is 2. The van der Waals surface area contributed by atoms with Gasteiger partial charge >= 0.3 is 0 Å². The lowest BCUT2D eigenvalue weighted by molar-refractivity contribution is -0.133. The number of carbonyl (C=O) groups is 2. The maximum absolute atomic E-state index is 12.5. The van der Waals surface area contributed by atoms with Gasteiger partial charge in [0, 0.05) is 18.0 Å². The summed E-state index contributed by atoms with van der Waals surface area (Å²) in [6, 6.07) is 5.17. The van der Waals surface area contributed by atoms with E-state index in [-0.39, 0.29) is 11.8 Å². The average Bonchev–Trinajstić information content (AvgIpc) is 3.16. The van der Waals surface area contributed by atoms with Crippen LogP contribution in [0.5, 0.6) is 0 Å². The lowest BCUT2D eigenvalue weighted by Crippen LogP contribution is -2.48. The Bertz CT molecular complexity index is 648. The van der Waals surface area contributed by atoms with Gasteiger partial charge in [-0.15, -0.1) is 22.7 Å². The highest BCUT2D eigenvalue weighted by atomic mass is 32.1. The number of hydrogen-bond donors (Lipinski definition) is 1. The van der Waals surface area contributed by atoms with Gasteiger partial charge in [0.25, 0.3) is 5.91 Å². The number of nitrogens with zero attached hydrogens (tertiary/aromatic N) is 1. The molecular weight excluding hydrogens is 304 g/mol. The molecule has 0 fully saturated rings. The third-order valence-corrected chi connectivity index (χ3v) is 5.47. The van der Waals surface area contributed by atoms with Crippen molar-refractivity contribution < 1.29 is 9.59 Å². The van der Waals surface area contributed by atoms with Crippen molar-refractivity contribution >= 4 is 34.5 Å². The Kier molecular flexibility index (Phi) is 4.07. The minimum absolute atomic E-state index is 0.0169. The Morgan fingerprint density at radius 1 is 1.29 bits per heavy atom. The summed E-state index contributed by atoms with van der Waals surface area (Å²) in [5.74, 6) is -0.198. The van der Waals surface area contributed by atoms with Gasteiger partial charge in [0.1, 0.15) is 6.04 Å². The van der Waals surface area contributed by atoms with E-state index in [2.05, 4.69) is 16.8 Å². The number of fused-ring (bicyclic) bond motifs is 1. The molecule has 1 N–H and O–H groups in total. The molecule has 1 aliphatic rings. The van der Waals surface area contributed by atoms with E-state index in [9.17, 15) is 9.59 Å². The van der Waals surface area contributed by atoms with Gasteiger partial charge in [-0.25, -0.2) is 0 Å². The monoisotopic (exact) mass is 320 g/mol. The Balaban J connectivity index is 1.62. The highest BCUT2D eigenvalue weighted by molar-refractivity contribution is 7.12. The lowest BCUT2D eigenvalue weighted by atomic mass is 10.1. The molecule has 21 heavy (non-hydrogen) atoms. The number of nitrogens with one attached hydrogen (secondary N) is 1. The number of carbonyl (C=O) groups excluding carboxylic acids is 2. The van der Waals surface area contributed by atoms with Crippen LogP contribution in [0.3, 0.4) is 0 Å². The van der Waals surface area contributed by atoms with Crippen molar-refractivity contribution in [2.24, 2.45) is 0 Å². The van der Waals surface area contributed by atoms with Crippen LogP contribution in [-0.2, 0) is 17.8 Å². The van der Waals surface area contributed by atoms with Crippen LogP contribution in [0.4, 0.5) is 0 Å². The summed E-state index contributed by atoms with van der Waals surface area (Å²) in [6.07, 6.45) is 0.907. The Labute approximate surface area is 131 Å². The van der Waals surface area contributed by atoms with Crippen molar-refractivity contribution in [2.75, 3.05) is 6.54 Å². The minimum atomic E-state index is -0.500. The molecule has 1 atom stereocenters. The van der Waals surface area contributed by atoms with Gasteiger partial charge < -0.3 is 10.2 Å². The van der Waals surface area contributed by atoms with Crippen molar-refractivity contribution in [3.8, 4) is 0 Å². The molecule has 0 aromatic carbocycles. The third kappa shape index (κ3) is 3.01. The average molecular weight is 320 g/mol. The van der Waals surface area contributed by atoms with Crippen LogP contribution in [0.1, 0.15) is 27.0 Å². The maximum atomic E-state index is 12.5. The molecule has 0 bridgehead atoms. The summed E-state index contributed by atoms with van der Waals surface area (Å²) in [5, 5.41) is 6.70.